The van der Waals surface area contributed by atoms with E-state index in [9.17, 15) is 0 Å². The lowest BCUT2D eigenvalue weighted by Gasteiger charge is -2.06. The molecule has 0 aliphatic rings. The summed E-state index contributed by atoms with van der Waals surface area (Å²) in [4.78, 5) is 0. The summed E-state index contributed by atoms with van der Waals surface area (Å²) >= 11 is 11.9. The summed E-state index contributed by atoms with van der Waals surface area (Å²) in [6.07, 6.45) is 1.77. The van der Waals surface area contributed by atoms with Gasteiger partial charge >= 0.3 is 0 Å². The monoisotopic (exact) mass is 240 g/mol. The van der Waals surface area contributed by atoms with E-state index in [0.29, 0.717) is 10.9 Å². The molecule has 0 saturated carbocycles. The van der Waals surface area contributed by atoms with Crippen LogP contribution in [0.2, 0.25) is 5.02 Å². The summed E-state index contributed by atoms with van der Waals surface area (Å²) in [6, 6.07) is 7.61. The number of alkyl halides is 1. The second-order valence-electron chi connectivity index (χ2n) is 3.25. The largest absolute Gasteiger partial charge is 0.236 e. The maximum atomic E-state index is 6.09. The van der Waals surface area contributed by atoms with E-state index < -0.39 is 0 Å². The average Bonchev–Trinajstić information content (AvgIpc) is 2.60. The first-order chi connectivity index (χ1) is 7.24. The van der Waals surface area contributed by atoms with Gasteiger partial charge in [0.15, 0.2) is 0 Å². The number of aromatic nitrogens is 2. The third kappa shape index (κ3) is 1.87. The number of benzene rings is 1. The van der Waals surface area contributed by atoms with Crippen LogP contribution in [0.15, 0.2) is 30.5 Å². The quantitative estimate of drug-likeness (QED) is 0.735. The van der Waals surface area contributed by atoms with Crippen LogP contribution in [0.1, 0.15) is 11.3 Å². The average molecular weight is 241 g/mol. The molecule has 0 N–H and O–H groups in total. The Balaban J connectivity index is 2.55. The van der Waals surface area contributed by atoms with Crippen LogP contribution in [0.3, 0.4) is 0 Å². The molecule has 0 amide bonds. The van der Waals surface area contributed by atoms with Crippen molar-refractivity contribution < 1.29 is 0 Å². The number of halogens is 2. The first kappa shape index (κ1) is 10.5. The highest BCUT2D eigenvalue weighted by Gasteiger charge is 2.08. The van der Waals surface area contributed by atoms with E-state index in [4.69, 9.17) is 23.2 Å². The molecule has 0 spiro atoms. The second-order valence-corrected chi connectivity index (χ2v) is 3.93. The molecule has 0 radical (unpaired) electrons. The molecule has 2 nitrogen and oxygen atoms in total. The number of hydrogen-bond acceptors (Lipinski definition) is 1. The number of para-hydroxylation sites is 1. The molecule has 2 rings (SSSR count). The van der Waals surface area contributed by atoms with Gasteiger partial charge in [0.2, 0.25) is 0 Å². The highest BCUT2D eigenvalue weighted by Crippen LogP contribution is 2.22. The smallest absolute Gasteiger partial charge is 0.0834 e. The fraction of sp³-hybridized carbons (Fsp3) is 0.182. The van der Waals surface area contributed by atoms with Crippen molar-refractivity contribution in [2.24, 2.45) is 0 Å². The lowest BCUT2D eigenvalue weighted by Crippen LogP contribution is -1.99. The SMILES string of the molecule is Cc1c(CCl)cnn1-c1ccccc1Cl. The van der Waals surface area contributed by atoms with E-state index in [0.717, 1.165) is 16.9 Å². The highest BCUT2D eigenvalue weighted by molar-refractivity contribution is 6.32. The van der Waals surface area contributed by atoms with Crippen molar-refractivity contribution in [3.05, 3.63) is 46.7 Å². The van der Waals surface area contributed by atoms with Crippen molar-refractivity contribution in [1.82, 2.24) is 9.78 Å². The molecular weight excluding hydrogens is 231 g/mol. The lowest BCUT2D eigenvalue weighted by molar-refractivity contribution is 0.845. The Kier molecular flexibility index (Phi) is 2.98. The Labute approximate surface area is 98.4 Å². The van der Waals surface area contributed by atoms with E-state index in [1.165, 1.54) is 0 Å². The lowest BCUT2D eigenvalue weighted by atomic mass is 10.3. The van der Waals surface area contributed by atoms with Gasteiger partial charge in [-0.2, -0.15) is 5.10 Å². The molecular formula is C11H10Cl2N2. The summed E-state index contributed by atoms with van der Waals surface area (Å²) in [5.74, 6) is 0.469. The first-order valence-corrected chi connectivity index (χ1v) is 5.49. The number of rotatable bonds is 2. The molecule has 0 aliphatic heterocycles. The van der Waals surface area contributed by atoms with Crippen molar-refractivity contribution >= 4 is 23.2 Å². The van der Waals surface area contributed by atoms with Crippen LogP contribution in [0.4, 0.5) is 0 Å². The first-order valence-electron chi connectivity index (χ1n) is 4.58. The van der Waals surface area contributed by atoms with Gasteiger partial charge in [0.25, 0.3) is 0 Å². The van der Waals surface area contributed by atoms with Gasteiger partial charge in [-0.25, -0.2) is 4.68 Å². The van der Waals surface area contributed by atoms with Crippen LogP contribution in [0, 0.1) is 6.92 Å². The minimum Gasteiger partial charge on any atom is -0.236 e. The molecule has 1 aromatic heterocycles. The molecule has 1 heterocycles. The van der Waals surface area contributed by atoms with Gasteiger partial charge in [0.05, 0.1) is 22.8 Å². The molecule has 0 saturated heterocycles. The van der Waals surface area contributed by atoms with Gasteiger partial charge in [0, 0.05) is 11.3 Å². The second kappa shape index (κ2) is 4.25. The van der Waals surface area contributed by atoms with Crippen molar-refractivity contribution in [2.75, 3.05) is 0 Å². The summed E-state index contributed by atoms with van der Waals surface area (Å²) in [7, 11) is 0. The van der Waals surface area contributed by atoms with Gasteiger partial charge in [-0.1, -0.05) is 23.7 Å². The maximum absolute atomic E-state index is 6.09. The zero-order chi connectivity index (χ0) is 10.8. The van der Waals surface area contributed by atoms with Crippen molar-refractivity contribution in [3.63, 3.8) is 0 Å². The summed E-state index contributed by atoms with van der Waals surface area (Å²) in [6.45, 7) is 1.98. The van der Waals surface area contributed by atoms with E-state index in [-0.39, 0.29) is 0 Å². The summed E-state index contributed by atoms with van der Waals surface area (Å²) < 4.78 is 1.81. The standard InChI is InChI=1S/C11H10Cl2N2/c1-8-9(6-12)7-14-15(8)11-5-3-2-4-10(11)13/h2-5,7H,6H2,1H3. The zero-order valence-electron chi connectivity index (χ0n) is 8.24. The zero-order valence-corrected chi connectivity index (χ0v) is 9.76. The molecule has 2 aromatic rings. The van der Waals surface area contributed by atoms with Crippen LogP contribution < -0.4 is 0 Å². The topological polar surface area (TPSA) is 17.8 Å². The van der Waals surface area contributed by atoms with Crippen molar-refractivity contribution in [1.29, 1.82) is 0 Å². The Morgan fingerprint density at radius 2 is 2.07 bits per heavy atom. The fourth-order valence-corrected chi connectivity index (χ4v) is 1.92. The molecule has 0 unspecified atom stereocenters. The maximum Gasteiger partial charge on any atom is 0.0834 e. The van der Waals surface area contributed by atoms with Gasteiger partial charge in [0.1, 0.15) is 0 Å². The van der Waals surface area contributed by atoms with Gasteiger partial charge in [-0.15, -0.1) is 11.6 Å². The molecule has 1 aromatic carbocycles. The molecule has 0 atom stereocenters. The van der Waals surface area contributed by atoms with Gasteiger partial charge < -0.3 is 0 Å². The Bertz CT molecular complexity index is 477. The van der Waals surface area contributed by atoms with E-state index >= 15 is 0 Å². The third-order valence-electron chi connectivity index (χ3n) is 2.34. The van der Waals surface area contributed by atoms with Crippen LogP contribution in [0.25, 0.3) is 5.69 Å². The van der Waals surface area contributed by atoms with Crippen LogP contribution in [0.5, 0.6) is 0 Å². The Morgan fingerprint density at radius 3 is 2.67 bits per heavy atom. The minimum atomic E-state index is 0.469. The molecule has 0 bridgehead atoms. The van der Waals surface area contributed by atoms with Crippen LogP contribution in [-0.4, -0.2) is 9.78 Å². The summed E-state index contributed by atoms with van der Waals surface area (Å²) in [5, 5.41) is 4.95. The highest BCUT2D eigenvalue weighted by atomic mass is 35.5. The molecule has 0 aliphatic carbocycles. The Hall–Kier alpha value is -0.990. The third-order valence-corrected chi connectivity index (χ3v) is 2.94. The molecule has 15 heavy (non-hydrogen) atoms. The van der Waals surface area contributed by atoms with Crippen molar-refractivity contribution in [2.45, 2.75) is 12.8 Å². The Morgan fingerprint density at radius 1 is 1.33 bits per heavy atom. The van der Waals surface area contributed by atoms with Crippen LogP contribution >= 0.6 is 23.2 Å². The number of nitrogens with zero attached hydrogens (tertiary/aromatic N) is 2. The van der Waals surface area contributed by atoms with E-state index in [1.54, 1.807) is 10.9 Å². The van der Waals surface area contributed by atoms with Gasteiger partial charge in [-0.05, 0) is 19.1 Å². The minimum absolute atomic E-state index is 0.469. The van der Waals surface area contributed by atoms with E-state index in [2.05, 4.69) is 5.10 Å². The van der Waals surface area contributed by atoms with Gasteiger partial charge in [-0.3, -0.25) is 0 Å². The molecule has 78 valence electrons. The molecule has 0 fully saturated rings. The predicted molar refractivity (Wildman–Crippen MR) is 62.9 cm³/mol. The normalized spacial score (nSPS) is 10.6. The predicted octanol–water partition coefficient (Wildman–Crippen LogP) is 3.57. The number of hydrogen-bond donors (Lipinski definition) is 0. The summed E-state index contributed by atoms with van der Waals surface area (Å²) in [5.41, 5.74) is 2.93. The van der Waals surface area contributed by atoms with Crippen LogP contribution in [-0.2, 0) is 5.88 Å². The van der Waals surface area contributed by atoms with Crippen molar-refractivity contribution in [3.8, 4) is 5.69 Å². The van der Waals surface area contributed by atoms with E-state index in [1.807, 2.05) is 31.2 Å². The fourth-order valence-electron chi connectivity index (χ4n) is 1.44. The molecule has 4 heteroatoms.